The molecule has 0 saturated carbocycles. The zero-order valence-corrected chi connectivity index (χ0v) is 14.6. The molecule has 12 heteroatoms. The highest BCUT2D eigenvalue weighted by Gasteiger charge is 2.23. The molecular weight excluding hydrogens is 376 g/mol. The number of nitrogens with zero attached hydrogens (tertiary/aromatic N) is 3. The van der Waals surface area contributed by atoms with Crippen molar-refractivity contribution in [2.45, 2.75) is 0 Å². The first-order chi connectivity index (χ1) is 13.3. The van der Waals surface area contributed by atoms with E-state index in [-0.39, 0.29) is 11.1 Å². The summed E-state index contributed by atoms with van der Waals surface area (Å²) < 4.78 is 10.1. The Kier molecular flexibility index (Phi) is 6.06. The van der Waals surface area contributed by atoms with Crippen LogP contribution in [-0.4, -0.2) is 41.3 Å². The molecule has 0 heterocycles. The molecule has 0 unspecified atom stereocenters. The van der Waals surface area contributed by atoms with Gasteiger partial charge in [0.25, 0.3) is 11.6 Å². The second-order valence-corrected chi connectivity index (χ2v) is 5.22. The van der Waals surface area contributed by atoms with Crippen LogP contribution in [0.5, 0.6) is 17.2 Å². The molecule has 146 valence electrons. The summed E-state index contributed by atoms with van der Waals surface area (Å²) in [5.74, 6) is -0.773. The maximum absolute atomic E-state index is 12.2. The van der Waals surface area contributed by atoms with Gasteiger partial charge in [-0.05, 0) is 12.1 Å². The number of benzene rings is 2. The van der Waals surface area contributed by atoms with Gasteiger partial charge < -0.3 is 14.6 Å². The number of non-ortho nitro benzene ring substituents is 1. The van der Waals surface area contributed by atoms with Crippen molar-refractivity contribution in [3.05, 3.63) is 61.7 Å². The second kappa shape index (κ2) is 8.44. The zero-order chi connectivity index (χ0) is 20.8. The number of rotatable bonds is 7. The molecule has 0 radical (unpaired) electrons. The highest BCUT2D eigenvalue weighted by atomic mass is 16.6. The Hall–Kier alpha value is -4.22. The van der Waals surface area contributed by atoms with E-state index in [1.54, 1.807) is 6.07 Å². The maximum Gasteiger partial charge on any atom is 0.318 e. The third-order valence-electron chi connectivity index (χ3n) is 3.49. The number of ether oxygens (including phenoxy) is 2. The number of phenolic OH excluding ortho intramolecular Hbond substituents is 1. The number of nitro groups is 2. The van der Waals surface area contributed by atoms with Crippen LogP contribution in [-0.2, 0) is 0 Å². The summed E-state index contributed by atoms with van der Waals surface area (Å²) in [7, 11) is 2.82. The second-order valence-electron chi connectivity index (χ2n) is 5.22. The quantitative estimate of drug-likeness (QED) is 0.411. The molecule has 0 bridgehead atoms. The van der Waals surface area contributed by atoms with Crippen molar-refractivity contribution in [2.75, 3.05) is 14.2 Å². The van der Waals surface area contributed by atoms with E-state index in [0.29, 0.717) is 17.6 Å². The summed E-state index contributed by atoms with van der Waals surface area (Å²) in [4.78, 5) is 32.2. The number of carbonyl (C=O) groups is 1. The summed E-state index contributed by atoms with van der Waals surface area (Å²) in [5.41, 5.74) is 0.492. The molecule has 12 nitrogen and oxygen atoms in total. The maximum atomic E-state index is 12.2. The van der Waals surface area contributed by atoms with Crippen LogP contribution in [0.25, 0.3) is 0 Å². The van der Waals surface area contributed by atoms with E-state index in [4.69, 9.17) is 9.47 Å². The number of nitro benzene ring substituents is 2. The Morgan fingerprint density at radius 1 is 1.07 bits per heavy atom. The van der Waals surface area contributed by atoms with Gasteiger partial charge in [0, 0.05) is 17.7 Å². The van der Waals surface area contributed by atoms with E-state index in [1.807, 2.05) is 0 Å². The first kappa shape index (κ1) is 20.1. The number of phenols is 1. The van der Waals surface area contributed by atoms with Crippen LogP contribution in [0.4, 0.5) is 11.4 Å². The monoisotopic (exact) mass is 390 g/mol. The highest BCUT2D eigenvalue weighted by molar-refractivity contribution is 5.96. The fraction of sp³-hybridized carbons (Fsp3) is 0.125. The molecule has 0 aromatic heterocycles. The molecule has 0 atom stereocenters. The van der Waals surface area contributed by atoms with Crippen LogP contribution in [0, 0.1) is 20.2 Å². The van der Waals surface area contributed by atoms with E-state index >= 15 is 0 Å². The third kappa shape index (κ3) is 4.49. The SMILES string of the molecule is COc1cc(OC)cc(C(=O)N/N=C/c2cc([N+](=O)[O-])cc([N+](=O)[O-])c2O)c1. The van der Waals surface area contributed by atoms with Crippen molar-refractivity contribution in [1.29, 1.82) is 0 Å². The van der Waals surface area contributed by atoms with Gasteiger partial charge in [0.1, 0.15) is 11.5 Å². The molecule has 2 rings (SSSR count). The van der Waals surface area contributed by atoms with E-state index in [0.717, 1.165) is 12.3 Å². The number of amides is 1. The number of hydrogen-bond acceptors (Lipinski definition) is 9. The lowest BCUT2D eigenvalue weighted by atomic mass is 10.1. The summed E-state index contributed by atoms with van der Waals surface area (Å²) in [5, 5.41) is 35.3. The Bertz CT molecular complexity index is 951. The zero-order valence-electron chi connectivity index (χ0n) is 14.6. The van der Waals surface area contributed by atoms with Gasteiger partial charge in [0.15, 0.2) is 0 Å². The summed E-state index contributed by atoms with van der Waals surface area (Å²) in [6.45, 7) is 0. The lowest BCUT2D eigenvalue weighted by Crippen LogP contribution is -2.17. The van der Waals surface area contributed by atoms with Crippen LogP contribution in [0.2, 0.25) is 0 Å². The summed E-state index contributed by atoms with van der Waals surface area (Å²) in [6, 6.07) is 5.90. The summed E-state index contributed by atoms with van der Waals surface area (Å²) >= 11 is 0. The lowest BCUT2D eigenvalue weighted by molar-refractivity contribution is -0.394. The first-order valence-corrected chi connectivity index (χ1v) is 7.49. The predicted molar refractivity (Wildman–Crippen MR) is 96.0 cm³/mol. The van der Waals surface area contributed by atoms with Crippen molar-refractivity contribution in [3.63, 3.8) is 0 Å². The molecule has 0 fully saturated rings. The Morgan fingerprint density at radius 2 is 1.68 bits per heavy atom. The van der Waals surface area contributed by atoms with Crippen LogP contribution >= 0.6 is 0 Å². The molecule has 0 aliphatic rings. The van der Waals surface area contributed by atoms with Crippen LogP contribution in [0.3, 0.4) is 0 Å². The molecule has 0 aliphatic heterocycles. The van der Waals surface area contributed by atoms with Crippen LogP contribution in [0.1, 0.15) is 15.9 Å². The van der Waals surface area contributed by atoms with Gasteiger partial charge in [0.2, 0.25) is 5.75 Å². The van der Waals surface area contributed by atoms with E-state index in [1.165, 1.54) is 26.4 Å². The minimum atomic E-state index is -0.971. The Balaban J connectivity index is 2.28. The Labute approximate surface area is 157 Å². The minimum Gasteiger partial charge on any atom is -0.502 e. The minimum absolute atomic E-state index is 0.141. The number of nitrogens with one attached hydrogen (secondary N) is 1. The van der Waals surface area contributed by atoms with Gasteiger partial charge >= 0.3 is 5.69 Å². The van der Waals surface area contributed by atoms with Crippen molar-refractivity contribution in [3.8, 4) is 17.2 Å². The van der Waals surface area contributed by atoms with Gasteiger partial charge in [-0.25, -0.2) is 5.43 Å². The highest BCUT2D eigenvalue weighted by Crippen LogP contribution is 2.33. The van der Waals surface area contributed by atoms with Gasteiger partial charge in [-0.3, -0.25) is 25.0 Å². The number of hydrazone groups is 1. The van der Waals surface area contributed by atoms with Gasteiger partial charge in [-0.2, -0.15) is 5.10 Å². The van der Waals surface area contributed by atoms with Crippen molar-refractivity contribution < 1.29 is 29.2 Å². The topological polar surface area (TPSA) is 166 Å². The number of methoxy groups -OCH3 is 2. The van der Waals surface area contributed by atoms with Gasteiger partial charge in [0.05, 0.1) is 41.9 Å². The van der Waals surface area contributed by atoms with Crippen molar-refractivity contribution >= 4 is 23.5 Å². The predicted octanol–water partition coefficient (Wildman–Crippen LogP) is 1.99. The Morgan fingerprint density at radius 3 is 2.18 bits per heavy atom. The third-order valence-corrected chi connectivity index (χ3v) is 3.49. The molecule has 0 spiro atoms. The molecule has 1 amide bonds. The molecule has 28 heavy (non-hydrogen) atoms. The molecule has 2 N–H and O–H groups in total. The fourth-order valence-corrected chi connectivity index (χ4v) is 2.13. The normalized spacial score (nSPS) is 10.5. The average molecular weight is 390 g/mol. The van der Waals surface area contributed by atoms with Gasteiger partial charge in [-0.15, -0.1) is 0 Å². The number of carbonyl (C=O) groups excluding carboxylic acids is 1. The molecule has 2 aromatic rings. The van der Waals surface area contributed by atoms with Gasteiger partial charge in [-0.1, -0.05) is 0 Å². The van der Waals surface area contributed by atoms with Crippen LogP contribution < -0.4 is 14.9 Å². The van der Waals surface area contributed by atoms with E-state index in [9.17, 15) is 30.1 Å². The standard InChI is InChI=1S/C16H14N4O8/c1-27-12-4-9(5-13(7-12)28-2)16(22)18-17-8-10-3-11(19(23)24)6-14(15(10)21)20(25)26/h3-8,21H,1-2H3,(H,18,22)/b17-8+. The number of hydrogen-bond donors (Lipinski definition) is 2. The summed E-state index contributed by atoms with van der Waals surface area (Å²) in [6.07, 6.45) is 0.852. The first-order valence-electron chi connectivity index (χ1n) is 7.49. The largest absolute Gasteiger partial charge is 0.502 e. The van der Waals surface area contributed by atoms with Crippen LogP contribution in [0.15, 0.2) is 35.4 Å². The lowest BCUT2D eigenvalue weighted by Gasteiger charge is -2.07. The van der Waals surface area contributed by atoms with E-state index in [2.05, 4.69) is 10.5 Å². The number of aromatic hydroxyl groups is 1. The van der Waals surface area contributed by atoms with E-state index < -0.39 is 32.9 Å². The molecular formula is C16H14N4O8. The molecule has 0 saturated heterocycles. The van der Waals surface area contributed by atoms with Crippen molar-refractivity contribution in [1.82, 2.24) is 5.43 Å². The molecule has 2 aromatic carbocycles. The average Bonchev–Trinajstić information content (AvgIpc) is 2.68. The fourth-order valence-electron chi connectivity index (χ4n) is 2.13. The smallest absolute Gasteiger partial charge is 0.318 e. The molecule has 0 aliphatic carbocycles. The van der Waals surface area contributed by atoms with Crippen molar-refractivity contribution in [2.24, 2.45) is 5.10 Å².